The quantitative estimate of drug-likeness (QED) is 0.406. The molecule has 0 spiro atoms. The van der Waals surface area contributed by atoms with E-state index in [4.69, 9.17) is 23.2 Å². The molecule has 1 aromatic carbocycles. The minimum atomic E-state index is 0.391. The Balaban J connectivity index is 2.16. The van der Waals surface area contributed by atoms with Crippen LogP contribution >= 0.6 is 39.1 Å². The second-order valence-electron chi connectivity index (χ2n) is 5.16. The number of nitrogens with zero attached hydrogens (tertiary/aromatic N) is 3. The normalized spacial score (nSPS) is 11.3. The van der Waals surface area contributed by atoms with Gasteiger partial charge in [-0.3, -0.25) is 14.2 Å². The summed E-state index contributed by atoms with van der Waals surface area (Å²) in [6.45, 7) is 0. The second-order valence-corrected chi connectivity index (χ2v) is 6.89. The minimum Gasteiger partial charge on any atom is -0.296 e. The van der Waals surface area contributed by atoms with Crippen LogP contribution in [-0.2, 0) is 0 Å². The zero-order valence-electron chi connectivity index (χ0n) is 12.0. The fourth-order valence-corrected chi connectivity index (χ4v) is 3.62. The lowest BCUT2D eigenvalue weighted by molar-refractivity contribution is 0.111. The van der Waals surface area contributed by atoms with Crippen LogP contribution in [0.1, 0.15) is 10.5 Å². The lowest BCUT2D eigenvalue weighted by Gasteiger charge is -2.04. The van der Waals surface area contributed by atoms with E-state index in [1.165, 1.54) is 0 Å². The van der Waals surface area contributed by atoms with Crippen LogP contribution in [0.15, 0.2) is 47.2 Å². The van der Waals surface area contributed by atoms with Gasteiger partial charge in [-0.05, 0) is 40.2 Å². The maximum absolute atomic E-state index is 11.7. The van der Waals surface area contributed by atoms with E-state index in [1.807, 2.05) is 12.1 Å². The van der Waals surface area contributed by atoms with Gasteiger partial charge in [0.1, 0.15) is 17.0 Å². The van der Waals surface area contributed by atoms with Crippen LogP contribution in [-0.4, -0.2) is 20.7 Å². The van der Waals surface area contributed by atoms with E-state index in [9.17, 15) is 4.79 Å². The number of aromatic nitrogens is 3. The summed E-state index contributed by atoms with van der Waals surface area (Å²) in [5.41, 5.74) is 2.79. The van der Waals surface area contributed by atoms with E-state index >= 15 is 0 Å². The van der Waals surface area contributed by atoms with E-state index in [0.29, 0.717) is 32.6 Å². The summed E-state index contributed by atoms with van der Waals surface area (Å²) in [6.07, 6.45) is 4.24. The van der Waals surface area contributed by atoms with E-state index in [1.54, 1.807) is 35.0 Å². The summed E-state index contributed by atoms with van der Waals surface area (Å²) in [5.74, 6) is 0. The molecule has 0 N–H and O–H groups in total. The number of hydrogen-bond donors (Lipinski definition) is 0. The third kappa shape index (κ3) is 2.32. The molecule has 0 radical (unpaired) electrons. The van der Waals surface area contributed by atoms with Crippen LogP contribution in [0.5, 0.6) is 0 Å². The fourth-order valence-electron chi connectivity index (χ4n) is 2.71. The van der Waals surface area contributed by atoms with Gasteiger partial charge in [0.15, 0.2) is 6.29 Å². The number of rotatable bonds is 2. The zero-order valence-corrected chi connectivity index (χ0v) is 15.1. The van der Waals surface area contributed by atoms with Crippen LogP contribution in [0.25, 0.3) is 27.8 Å². The summed E-state index contributed by atoms with van der Waals surface area (Å²) in [4.78, 5) is 20.7. The predicted molar refractivity (Wildman–Crippen MR) is 99.0 cm³/mol. The van der Waals surface area contributed by atoms with Crippen molar-refractivity contribution in [3.63, 3.8) is 0 Å². The Labute approximate surface area is 155 Å². The summed E-state index contributed by atoms with van der Waals surface area (Å²) in [7, 11) is 0. The number of carbonyl (C=O) groups is 1. The van der Waals surface area contributed by atoms with Crippen molar-refractivity contribution in [3.8, 4) is 11.3 Å². The molecule has 4 aromatic rings. The smallest absolute Gasteiger partial charge is 0.169 e. The number of benzene rings is 1. The van der Waals surface area contributed by atoms with Crippen LogP contribution in [0.4, 0.5) is 0 Å². The summed E-state index contributed by atoms with van der Waals surface area (Å²) in [5, 5.41) is 1.71. The first-order valence-electron chi connectivity index (χ1n) is 6.96. The number of halogens is 3. The molecule has 7 heteroatoms. The molecule has 0 fully saturated rings. The fraction of sp³-hybridized carbons (Fsp3) is 0. The Morgan fingerprint density at radius 1 is 1.17 bits per heavy atom. The van der Waals surface area contributed by atoms with E-state index < -0.39 is 0 Å². The van der Waals surface area contributed by atoms with Crippen molar-refractivity contribution in [2.24, 2.45) is 0 Å². The first kappa shape index (κ1) is 15.6. The van der Waals surface area contributed by atoms with Gasteiger partial charge >= 0.3 is 0 Å². The van der Waals surface area contributed by atoms with Gasteiger partial charge in [-0.15, -0.1) is 0 Å². The molecule has 0 aliphatic carbocycles. The topological polar surface area (TPSA) is 47.3 Å². The van der Waals surface area contributed by atoms with Gasteiger partial charge in [0.2, 0.25) is 0 Å². The number of imidazole rings is 1. The largest absolute Gasteiger partial charge is 0.296 e. The highest BCUT2D eigenvalue weighted by Crippen LogP contribution is 2.36. The van der Waals surface area contributed by atoms with Crippen molar-refractivity contribution in [1.82, 2.24) is 14.4 Å². The average Bonchev–Trinajstić information content (AvgIpc) is 2.93. The van der Waals surface area contributed by atoms with Crippen molar-refractivity contribution < 1.29 is 4.79 Å². The first-order valence-corrected chi connectivity index (χ1v) is 8.51. The molecule has 3 heterocycles. The average molecular weight is 421 g/mol. The van der Waals surface area contributed by atoms with Gasteiger partial charge in [0, 0.05) is 27.8 Å². The zero-order chi connectivity index (χ0) is 16.8. The maximum atomic E-state index is 11.7. The molecule has 118 valence electrons. The molecule has 0 saturated heterocycles. The lowest BCUT2D eigenvalue weighted by atomic mass is 10.1. The number of pyridine rings is 2. The SMILES string of the molecule is O=Cc1c(-c2c(Cl)cccc2Cl)nc2c3cc(Br)cnc3ccn12. The highest BCUT2D eigenvalue weighted by molar-refractivity contribution is 9.10. The summed E-state index contributed by atoms with van der Waals surface area (Å²) < 4.78 is 2.55. The molecule has 4 rings (SSSR count). The highest BCUT2D eigenvalue weighted by atomic mass is 79.9. The molecule has 0 aliphatic heterocycles. The molecule has 0 amide bonds. The first-order chi connectivity index (χ1) is 11.6. The van der Waals surface area contributed by atoms with Gasteiger partial charge in [0.05, 0.1) is 15.6 Å². The molecular weight excluding hydrogens is 413 g/mol. The van der Waals surface area contributed by atoms with Crippen molar-refractivity contribution in [2.45, 2.75) is 0 Å². The standard InChI is InChI=1S/C17H8BrCl2N3O/c18-9-6-10-13(21-7-9)4-5-23-14(8-24)16(22-17(10)23)15-11(19)2-1-3-12(15)20/h1-8H. The van der Waals surface area contributed by atoms with Crippen LogP contribution in [0.2, 0.25) is 10.0 Å². The molecule has 0 bridgehead atoms. The molecule has 24 heavy (non-hydrogen) atoms. The number of hydrogen-bond acceptors (Lipinski definition) is 3. The van der Waals surface area contributed by atoms with E-state index in [-0.39, 0.29) is 0 Å². The van der Waals surface area contributed by atoms with Crippen molar-refractivity contribution in [1.29, 1.82) is 0 Å². The van der Waals surface area contributed by atoms with E-state index in [0.717, 1.165) is 21.7 Å². The van der Waals surface area contributed by atoms with Crippen molar-refractivity contribution in [3.05, 3.63) is 62.9 Å². The highest BCUT2D eigenvalue weighted by Gasteiger charge is 2.20. The summed E-state index contributed by atoms with van der Waals surface area (Å²) >= 11 is 16.0. The van der Waals surface area contributed by atoms with Gasteiger partial charge in [-0.2, -0.15) is 0 Å². The predicted octanol–water partition coefficient (Wildman–Crippen LogP) is 5.43. The lowest BCUT2D eigenvalue weighted by Crippen LogP contribution is -1.94. The number of aldehydes is 1. The number of fused-ring (bicyclic) bond motifs is 3. The van der Waals surface area contributed by atoms with Gasteiger partial charge < -0.3 is 0 Å². The maximum Gasteiger partial charge on any atom is 0.169 e. The van der Waals surface area contributed by atoms with E-state index in [2.05, 4.69) is 25.9 Å². The second kappa shape index (κ2) is 5.84. The van der Waals surface area contributed by atoms with Gasteiger partial charge in [-0.25, -0.2) is 4.98 Å². The Bertz CT molecular complexity index is 1100. The third-order valence-corrected chi connectivity index (χ3v) is 4.83. The molecule has 0 saturated carbocycles. The Morgan fingerprint density at radius 2 is 1.92 bits per heavy atom. The molecule has 0 atom stereocenters. The summed E-state index contributed by atoms with van der Waals surface area (Å²) in [6, 6.07) is 8.94. The van der Waals surface area contributed by atoms with Crippen LogP contribution in [0, 0.1) is 0 Å². The Kier molecular flexibility index (Phi) is 3.79. The molecule has 3 aromatic heterocycles. The van der Waals surface area contributed by atoms with Gasteiger partial charge in [-0.1, -0.05) is 29.3 Å². The monoisotopic (exact) mass is 419 g/mol. The van der Waals surface area contributed by atoms with Crippen LogP contribution in [0.3, 0.4) is 0 Å². The molecule has 0 aliphatic rings. The molecule has 0 unspecified atom stereocenters. The molecular formula is C17H8BrCl2N3O. The van der Waals surface area contributed by atoms with Gasteiger partial charge in [0.25, 0.3) is 0 Å². The Morgan fingerprint density at radius 3 is 2.62 bits per heavy atom. The van der Waals surface area contributed by atoms with Crippen molar-refractivity contribution >= 4 is 62.0 Å². The van der Waals surface area contributed by atoms with Crippen molar-refractivity contribution in [2.75, 3.05) is 0 Å². The third-order valence-electron chi connectivity index (χ3n) is 3.77. The minimum absolute atomic E-state index is 0.391. The number of carbonyl (C=O) groups excluding carboxylic acids is 1. The Hall–Kier alpha value is -1.95. The van der Waals surface area contributed by atoms with Crippen LogP contribution < -0.4 is 0 Å². The molecule has 4 nitrogen and oxygen atoms in total.